The van der Waals surface area contributed by atoms with Crippen molar-refractivity contribution in [3.63, 3.8) is 0 Å². The lowest BCUT2D eigenvalue weighted by atomic mass is 10.2. The van der Waals surface area contributed by atoms with E-state index in [0.717, 1.165) is 23.8 Å². The van der Waals surface area contributed by atoms with Crippen molar-refractivity contribution in [2.24, 2.45) is 0 Å². The predicted molar refractivity (Wildman–Crippen MR) is 80.6 cm³/mol. The van der Waals surface area contributed by atoms with Crippen LogP contribution in [-0.4, -0.2) is 30.6 Å². The minimum atomic E-state index is -1.01. The number of carboxylic acid groups (broad SMARTS) is 1. The average Bonchev–Trinajstić information content (AvgIpc) is 3.28. The Morgan fingerprint density at radius 1 is 1.36 bits per heavy atom. The van der Waals surface area contributed by atoms with Crippen molar-refractivity contribution in [1.29, 1.82) is 0 Å². The number of aromatic carboxylic acids is 1. The van der Waals surface area contributed by atoms with Crippen LogP contribution in [0.15, 0.2) is 31.0 Å². The Morgan fingerprint density at radius 3 is 2.91 bits per heavy atom. The summed E-state index contributed by atoms with van der Waals surface area (Å²) in [6.07, 6.45) is 8.48. The molecule has 0 aromatic carbocycles. The van der Waals surface area contributed by atoms with E-state index in [1.54, 1.807) is 4.57 Å². The third-order valence-corrected chi connectivity index (χ3v) is 4.16. The van der Waals surface area contributed by atoms with Crippen molar-refractivity contribution in [2.45, 2.75) is 18.8 Å². The van der Waals surface area contributed by atoms with Crippen molar-refractivity contribution in [2.75, 3.05) is 0 Å². The second-order valence-corrected chi connectivity index (χ2v) is 5.65. The van der Waals surface area contributed by atoms with Crippen molar-refractivity contribution in [3.8, 4) is 5.69 Å². The largest absolute Gasteiger partial charge is 0.478 e. The highest BCUT2D eigenvalue weighted by molar-refractivity contribution is 6.34. The van der Waals surface area contributed by atoms with Gasteiger partial charge in [0.2, 0.25) is 0 Å². The maximum atomic E-state index is 11.5. The molecule has 3 aromatic rings. The molecule has 0 amide bonds. The van der Waals surface area contributed by atoms with Crippen LogP contribution in [0.1, 0.15) is 34.7 Å². The molecule has 110 valence electrons. The number of nitrogens with zero attached hydrogens (tertiary/aromatic N) is 4. The highest BCUT2D eigenvalue weighted by atomic mass is 35.5. The second-order valence-electron chi connectivity index (χ2n) is 5.29. The van der Waals surface area contributed by atoms with Gasteiger partial charge in [-0.3, -0.25) is 9.55 Å². The predicted octanol–water partition coefficient (Wildman–Crippen LogP) is 3.04. The number of hydrogen-bond acceptors (Lipinski definition) is 4. The molecule has 0 bridgehead atoms. The van der Waals surface area contributed by atoms with Crippen LogP contribution in [0.2, 0.25) is 5.15 Å². The molecule has 4 rings (SSSR count). The molecule has 3 heterocycles. The lowest BCUT2D eigenvalue weighted by Gasteiger charge is -2.07. The number of rotatable bonds is 3. The normalized spacial score (nSPS) is 14.4. The molecule has 1 aliphatic carbocycles. The van der Waals surface area contributed by atoms with Crippen LogP contribution in [0.5, 0.6) is 0 Å². The van der Waals surface area contributed by atoms with Crippen LogP contribution in [-0.2, 0) is 0 Å². The number of halogens is 1. The van der Waals surface area contributed by atoms with E-state index in [1.165, 1.54) is 24.8 Å². The van der Waals surface area contributed by atoms with E-state index in [9.17, 15) is 9.90 Å². The maximum absolute atomic E-state index is 11.5. The van der Waals surface area contributed by atoms with E-state index in [2.05, 4.69) is 15.0 Å². The molecule has 0 unspecified atom stereocenters. The molecule has 0 saturated heterocycles. The van der Waals surface area contributed by atoms with Gasteiger partial charge in [0.25, 0.3) is 0 Å². The first kappa shape index (κ1) is 13.2. The smallest absolute Gasteiger partial charge is 0.337 e. The summed E-state index contributed by atoms with van der Waals surface area (Å²) in [5.41, 5.74) is 2.32. The Morgan fingerprint density at radius 2 is 2.18 bits per heavy atom. The Labute approximate surface area is 130 Å². The number of pyridine rings is 1. The minimum Gasteiger partial charge on any atom is -0.478 e. The molecule has 0 radical (unpaired) electrons. The second kappa shape index (κ2) is 4.78. The van der Waals surface area contributed by atoms with Crippen molar-refractivity contribution < 1.29 is 9.90 Å². The van der Waals surface area contributed by atoms with Gasteiger partial charge in [-0.25, -0.2) is 14.8 Å². The van der Waals surface area contributed by atoms with Crippen LogP contribution in [0.3, 0.4) is 0 Å². The van der Waals surface area contributed by atoms with Gasteiger partial charge in [-0.1, -0.05) is 11.6 Å². The van der Waals surface area contributed by atoms with Gasteiger partial charge in [0.05, 0.1) is 22.8 Å². The molecule has 3 aromatic heterocycles. The Hall–Kier alpha value is -2.47. The van der Waals surface area contributed by atoms with Gasteiger partial charge in [0.15, 0.2) is 0 Å². The fourth-order valence-corrected chi connectivity index (χ4v) is 2.93. The van der Waals surface area contributed by atoms with Gasteiger partial charge < -0.3 is 5.11 Å². The van der Waals surface area contributed by atoms with Crippen molar-refractivity contribution in [3.05, 3.63) is 47.3 Å². The quantitative estimate of drug-likeness (QED) is 0.751. The molecular weight excluding hydrogens is 304 g/mol. The minimum absolute atomic E-state index is 0.170. The van der Waals surface area contributed by atoms with E-state index < -0.39 is 5.97 Å². The molecule has 7 heteroatoms. The fraction of sp³-hybridized carbons (Fsp3) is 0.200. The topological polar surface area (TPSA) is 80.9 Å². The summed E-state index contributed by atoms with van der Waals surface area (Å²) in [7, 11) is 0. The van der Waals surface area contributed by atoms with E-state index in [1.807, 2.05) is 6.20 Å². The van der Waals surface area contributed by atoms with Crippen LogP contribution in [0, 0.1) is 0 Å². The number of fused-ring (bicyclic) bond motifs is 1. The number of carboxylic acids is 1. The van der Waals surface area contributed by atoms with Gasteiger partial charge in [-0.2, -0.15) is 0 Å². The molecule has 1 saturated carbocycles. The Kier molecular flexibility index (Phi) is 2.87. The fourth-order valence-electron chi connectivity index (χ4n) is 2.70. The zero-order valence-corrected chi connectivity index (χ0v) is 12.2. The first-order chi connectivity index (χ1) is 10.7. The zero-order chi connectivity index (χ0) is 15.3. The molecule has 0 spiro atoms. The summed E-state index contributed by atoms with van der Waals surface area (Å²) in [5.74, 6) is -0.565. The summed E-state index contributed by atoms with van der Waals surface area (Å²) >= 11 is 6.24. The summed E-state index contributed by atoms with van der Waals surface area (Å²) in [6.45, 7) is 0. The Balaban J connectivity index is 2.04. The summed E-state index contributed by atoms with van der Waals surface area (Å²) in [4.78, 5) is 23.8. The van der Waals surface area contributed by atoms with E-state index in [4.69, 9.17) is 11.6 Å². The Bertz CT molecular complexity index is 902. The van der Waals surface area contributed by atoms with Gasteiger partial charge in [0.1, 0.15) is 17.1 Å². The first-order valence-electron chi connectivity index (χ1n) is 6.86. The highest BCUT2D eigenvalue weighted by Crippen LogP contribution is 2.45. The molecule has 22 heavy (non-hydrogen) atoms. The first-order valence-corrected chi connectivity index (χ1v) is 7.23. The van der Waals surface area contributed by atoms with Crippen LogP contribution in [0.25, 0.3) is 16.7 Å². The maximum Gasteiger partial charge on any atom is 0.337 e. The van der Waals surface area contributed by atoms with Gasteiger partial charge in [0, 0.05) is 12.4 Å². The van der Waals surface area contributed by atoms with E-state index >= 15 is 0 Å². The van der Waals surface area contributed by atoms with Crippen LogP contribution in [0.4, 0.5) is 0 Å². The zero-order valence-electron chi connectivity index (χ0n) is 11.4. The lowest BCUT2D eigenvalue weighted by molar-refractivity contribution is 0.0697. The monoisotopic (exact) mass is 314 g/mol. The van der Waals surface area contributed by atoms with E-state index in [0.29, 0.717) is 22.4 Å². The molecule has 0 atom stereocenters. The van der Waals surface area contributed by atoms with Crippen molar-refractivity contribution in [1.82, 2.24) is 19.5 Å². The molecular formula is C15H11ClN4O2. The molecule has 1 fully saturated rings. The van der Waals surface area contributed by atoms with Crippen LogP contribution >= 0.6 is 11.6 Å². The highest BCUT2D eigenvalue weighted by Gasteiger charge is 2.30. The number of aromatic nitrogens is 4. The summed E-state index contributed by atoms with van der Waals surface area (Å²) in [6, 6.07) is 1.48. The average molecular weight is 315 g/mol. The van der Waals surface area contributed by atoms with Crippen molar-refractivity contribution >= 4 is 28.6 Å². The SMILES string of the molecule is O=C(O)c1ccncc1-n1cc(C2CC2)c2c(Cl)ncnc21. The molecule has 0 aliphatic heterocycles. The van der Waals surface area contributed by atoms with Gasteiger partial charge in [-0.15, -0.1) is 0 Å². The van der Waals surface area contributed by atoms with Gasteiger partial charge in [-0.05, 0) is 30.4 Å². The number of hydrogen-bond donors (Lipinski definition) is 1. The summed E-state index contributed by atoms with van der Waals surface area (Å²) < 4.78 is 1.74. The van der Waals surface area contributed by atoms with Crippen LogP contribution < -0.4 is 0 Å². The number of carbonyl (C=O) groups is 1. The molecule has 1 aliphatic rings. The standard InChI is InChI=1S/C15H11ClN4O2/c16-13-12-10(8-1-2-8)6-20(14(12)19-7-18-13)11-5-17-4-3-9(11)15(21)22/h3-8H,1-2H2,(H,21,22). The summed E-state index contributed by atoms with van der Waals surface area (Å²) in [5, 5.41) is 10.6. The molecule has 1 N–H and O–H groups in total. The lowest BCUT2D eigenvalue weighted by Crippen LogP contribution is -2.05. The van der Waals surface area contributed by atoms with Gasteiger partial charge >= 0.3 is 5.97 Å². The third-order valence-electron chi connectivity index (χ3n) is 3.87. The molecule has 6 nitrogen and oxygen atoms in total. The third kappa shape index (κ3) is 1.95. The van der Waals surface area contributed by atoms with E-state index in [-0.39, 0.29) is 5.56 Å².